The van der Waals surface area contributed by atoms with Gasteiger partial charge in [-0.05, 0) is 36.0 Å². The second kappa shape index (κ2) is 6.89. The number of hydrogen-bond donors (Lipinski definition) is 1. The molecule has 2 aromatic carbocycles. The summed E-state index contributed by atoms with van der Waals surface area (Å²) >= 11 is 7.36. The van der Waals surface area contributed by atoms with Crippen molar-refractivity contribution in [2.75, 3.05) is 7.11 Å². The molecule has 116 valence electrons. The first kappa shape index (κ1) is 15.6. The lowest BCUT2D eigenvalue weighted by molar-refractivity contribution is -0.115. The smallest absolute Gasteiger partial charge is 0.264 e. The van der Waals surface area contributed by atoms with Crippen LogP contribution in [0.4, 0.5) is 5.69 Å². The molecule has 1 heterocycles. The number of aliphatic imine (C=N–C) groups is 1. The number of methoxy groups -OCH3 is 1. The quantitative estimate of drug-likeness (QED) is 0.847. The van der Waals surface area contributed by atoms with Crippen molar-refractivity contribution in [1.29, 1.82) is 0 Å². The van der Waals surface area contributed by atoms with Gasteiger partial charge in [-0.15, -0.1) is 0 Å². The number of ether oxygens (including phenoxy) is 1. The van der Waals surface area contributed by atoms with Gasteiger partial charge in [0, 0.05) is 5.56 Å². The average molecular weight is 345 g/mol. The summed E-state index contributed by atoms with van der Waals surface area (Å²) in [4.78, 5) is 17.1. The summed E-state index contributed by atoms with van der Waals surface area (Å²) in [7, 11) is 1.60. The Labute approximate surface area is 143 Å². The molecule has 4 nitrogen and oxygen atoms in total. The number of nitrogens with zero attached hydrogens (tertiary/aromatic N) is 1. The van der Waals surface area contributed by atoms with Gasteiger partial charge in [-0.3, -0.25) is 4.79 Å². The van der Waals surface area contributed by atoms with Crippen LogP contribution in [-0.4, -0.2) is 18.2 Å². The van der Waals surface area contributed by atoms with E-state index in [-0.39, 0.29) is 5.91 Å². The minimum absolute atomic E-state index is 0.188. The molecular weight excluding hydrogens is 332 g/mol. The molecule has 0 spiro atoms. The maximum absolute atomic E-state index is 12.1. The summed E-state index contributed by atoms with van der Waals surface area (Å²) in [5.41, 5.74) is 1.46. The van der Waals surface area contributed by atoms with Gasteiger partial charge in [0.05, 0.1) is 22.7 Å². The van der Waals surface area contributed by atoms with Crippen LogP contribution in [0.1, 0.15) is 5.56 Å². The molecule has 1 N–H and O–H groups in total. The Kier molecular flexibility index (Phi) is 4.69. The van der Waals surface area contributed by atoms with Gasteiger partial charge in [-0.2, -0.15) is 0 Å². The highest BCUT2D eigenvalue weighted by Crippen LogP contribution is 2.32. The van der Waals surface area contributed by atoms with E-state index >= 15 is 0 Å². The first-order valence-electron chi connectivity index (χ1n) is 6.84. The van der Waals surface area contributed by atoms with Gasteiger partial charge in [0.15, 0.2) is 5.17 Å². The Morgan fingerprint density at radius 3 is 2.70 bits per heavy atom. The standard InChI is InChI=1S/C17H13ClN2O2S/c1-22-14-9-5-2-6-11(14)10-15-16(21)20-17(23-15)19-13-8-4-3-7-12(13)18/h2-10H,1H3,(H,19,20,21)/b15-10+. The first-order valence-corrected chi connectivity index (χ1v) is 8.04. The lowest BCUT2D eigenvalue weighted by Gasteiger charge is -2.03. The van der Waals surface area contributed by atoms with Crippen molar-refractivity contribution >= 4 is 46.2 Å². The van der Waals surface area contributed by atoms with Crippen LogP contribution in [0.2, 0.25) is 5.02 Å². The normalized spacial score (nSPS) is 17.6. The van der Waals surface area contributed by atoms with E-state index < -0.39 is 0 Å². The highest BCUT2D eigenvalue weighted by Gasteiger charge is 2.24. The van der Waals surface area contributed by atoms with Gasteiger partial charge in [0.1, 0.15) is 5.75 Å². The Morgan fingerprint density at radius 2 is 1.91 bits per heavy atom. The lowest BCUT2D eigenvalue weighted by Crippen LogP contribution is -2.19. The van der Waals surface area contributed by atoms with Crippen molar-refractivity contribution in [2.45, 2.75) is 0 Å². The van der Waals surface area contributed by atoms with E-state index in [0.717, 1.165) is 5.56 Å². The third kappa shape index (κ3) is 3.57. The number of halogens is 1. The van der Waals surface area contributed by atoms with E-state index in [0.29, 0.717) is 26.5 Å². The van der Waals surface area contributed by atoms with E-state index in [1.807, 2.05) is 36.4 Å². The molecule has 0 unspecified atom stereocenters. The Hall–Kier alpha value is -2.24. The predicted octanol–water partition coefficient (Wildman–Crippen LogP) is 4.24. The van der Waals surface area contributed by atoms with Crippen LogP contribution >= 0.6 is 23.4 Å². The molecule has 0 radical (unpaired) electrons. The third-order valence-corrected chi connectivity index (χ3v) is 4.38. The zero-order valence-electron chi connectivity index (χ0n) is 12.2. The van der Waals surface area contributed by atoms with Crippen LogP contribution in [0.15, 0.2) is 58.4 Å². The number of amides is 1. The molecule has 1 saturated heterocycles. The number of thioether (sulfide) groups is 1. The van der Waals surface area contributed by atoms with Gasteiger partial charge in [-0.25, -0.2) is 4.99 Å². The number of rotatable bonds is 3. The van der Waals surface area contributed by atoms with E-state index in [1.54, 1.807) is 25.3 Å². The van der Waals surface area contributed by atoms with Crippen molar-refractivity contribution in [2.24, 2.45) is 4.99 Å². The molecule has 0 aromatic heterocycles. The van der Waals surface area contributed by atoms with Crippen LogP contribution in [0.3, 0.4) is 0 Å². The first-order chi connectivity index (χ1) is 11.2. The van der Waals surface area contributed by atoms with E-state index in [4.69, 9.17) is 16.3 Å². The lowest BCUT2D eigenvalue weighted by atomic mass is 10.2. The largest absolute Gasteiger partial charge is 0.496 e. The number of benzene rings is 2. The predicted molar refractivity (Wildman–Crippen MR) is 95.3 cm³/mol. The number of carbonyl (C=O) groups is 1. The maximum Gasteiger partial charge on any atom is 0.264 e. The fourth-order valence-corrected chi connectivity index (χ4v) is 3.06. The number of hydrogen-bond acceptors (Lipinski definition) is 4. The molecule has 1 fully saturated rings. The molecule has 0 aliphatic carbocycles. The molecule has 0 bridgehead atoms. The van der Waals surface area contributed by atoms with Gasteiger partial charge in [0.2, 0.25) is 0 Å². The van der Waals surface area contributed by atoms with Crippen molar-refractivity contribution in [3.8, 4) is 5.75 Å². The number of carbonyl (C=O) groups excluding carboxylic acids is 1. The summed E-state index contributed by atoms with van der Waals surface area (Å²) in [6, 6.07) is 14.7. The molecule has 0 atom stereocenters. The molecule has 23 heavy (non-hydrogen) atoms. The van der Waals surface area contributed by atoms with Crippen molar-refractivity contribution in [1.82, 2.24) is 5.32 Å². The van der Waals surface area contributed by atoms with Gasteiger partial charge >= 0.3 is 0 Å². The van der Waals surface area contributed by atoms with Gasteiger partial charge in [0.25, 0.3) is 5.91 Å². The monoisotopic (exact) mass is 344 g/mol. The fraction of sp³-hybridized carbons (Fsp3) is 0.0588. The van der Waals surface area contributed by atoms with Crippen LogP contribution in [-0.2, 0) is 4.79 Å². The maximum atomic E-state index is 12.1. The van der Waals surface area contributed by atoms with E-state index in [9.17, 15) is 4.79 Å². The zero-order valence-corrected chi connectivity index (χ0v) is 13.8. The molecular formula is C17H13ClN2O2S. The summed E-state index contributed by atoms with van der Waals surface area (Å²) in [6.45, 7) is 0. The summed E-state index contributed by atoms with van der Waals surface area (Å²) in [5, 5.41) is 3.79. The van der Waals surface area contributed by atoms with Crippen molar-refractivity contribution in [3.63, 3.8) is 0 Å². The molecule has 1 aliphatic rings. The van der Waals surface area contributed by atoms with E-state index in [2.05, 4.69) is 10.3 Å². The summed E-state index contributed by atoms with van der Waals surface area (Å²) in [6.07, 6.45) is 1.79. The number of para-hydroxylation sites is 2. The zero-order chi connectivity index (χ0) is 16.2. The van der Waals surface area contributed by atoms with Crippen LogP contribution in [0, 0.1) is 0 Å². The van der Waals surface area contributed by atoms with Crippen molar-refractivity contribution in [3.05, 3.63) is 64.0 Å². The molecule has 2 aromatic rings. The van der Waals surface area contributed by atoms with E-state index in [1.165, 1.54) is 11.8 Å². The Balaban J connectivity index is 1.88. The van der Waals surface area contributed by atoms with Crippen LogP contribution in [0.5, 0.6) is 5.75 Å². The topological polar surface area (TPSA) is 50.7 Å². The third-order valence-electron chi connectivity index (χ3n) is 3.15. The highest BCUT2D eigenvalue weighted by atomic mass is 35.5. The average Bonchev–Trinajstić information content (AvgIpc) is 2.90. The SMILES string of the molecule is COc1ccccc1/C=C1/SC(=Nc2ccccc2Cl)NC1=O. The fourth-order valence-electron chi connectivity index (χ4n) is 2.06. The minimum atomic E-state index is -0.188. The summed E-state index contributed by atoms with van der Waals surface area (Å²) < 4.78 is 5.30. The molecule has 1 aliphatic heterocycles. The summed E-state index contributed by atoms with van der Waals surface area (Å²) in [5.74, 6) is 0.525. The second-order valence-corrected chi connectivity index (χ2v) is 6.11. The minimum Gasteiger partial charge on any atom is -0.496 e. The Bertz CT molecular complexity index is 818. The van der Waals surface area contributed by atoms with Gasteiger partial charge < -0.3 is 10.1 Å². The number of amidine groups is 1. The molecule has 1 amide bonds. The van der Waals surface area contributed by atoms with Gasteiger partial charge in [-0.1, -0.05) is 41.9 Å². The molecule has 0 saturated carbocycles. The van der Waals surface area contributed by atoms with Crippen molar-refractivity contribution < 1.29 is 9.53 Å². The highest BCUT2D eigenvalue weighted by molar-refractivity contribution is 8.18. The van der Waals surface area contributed by atoms with Crippen LogP contribution in [0.25, 0.3) is 6.08 Å². The second-order valence-electron chi connectivity index (χ2n) is 4.68. The Morgan fingerprint density at radius 1 is 1.17 bits per heavy atom. The van der Waals surface area contributed by atoms with Crippen LogP contribution < -0.4 is 10.1 Å². The molecule has 3 rings (SSSR count). The number of nitrogens with one attached hydrogen (secondary N) is 1. The molecule has 6 heteroatoms.